The minimum absolute atomic E-state index is 0.0925. The predicted molar refractivity (Wildman–Crippen MR) is 79.7 cm³/mol. The first-order valence-electron chi connectivity index (χ1n) is 6.72. The summed E-state index contributed by atoms with van der Waals surface area (Å²) in [7, 11) is 0. The van der Waals surface area contributed by atoms with Crippen LogP contribution < -0.4 is 5.32 Å². The van der Waals surface area contributed by atoms with Crippen molar-refractivity contribution in [2.45, 2.75) is 32.2 Å². The Labute approximate surface area is 120 Å². The summed E-state index contributed by atoms with van der Waals surface area (Å²) in [6.07, 6.45) is 4.35. The van der Waals surface area contributed by atoms with Gasteiger partial charge in [0.25, 0.3) is 0 Å². The molecule has 1 atom stereocenters. The number of nitriles is 2. The topological polar surface area (TPSA) is 79.8 Å². The van der Waals surface area contributed by atoms with E-state index >= 15 is 0 Å². The van der Waals surface area contributed by atoms with Gasteiger partial charge in [-0.2, -0.15) is 10.5 Å². The number of aliphatic hydroxyl groups is 1. The van der Waals surface area contributed by atoms with Gasteiger partial charge in [0.05, 0.1) is 0 Å². The van der Waals surface area contributed by atoms with Gasteiger partial charge in [-0.1, -0.05) is 25.5 Å². The lowest BCUT2D eigenvalue weighted by atomic mass is 10.1. The molecule has 4 nitrogen and oxygen atoms in total. The van der Waals surface area contributed by atoms with Crippen molar-refractivity contribution in [3.05, 3.63) is 35.4 Å². The summed E-state index contributed by atoms with van der Waals surface area (Å²) in [6.45, 7) is 2.29. The Balaban J connectivity index is 2.74. The molecule has 0 heterocycles. The molecule has 0 aliphatic carbocycles. The maximum atomic E-state index is 9.03. The van der Waals surface area contributed by atoms with Crippen molar-refractivity contribution in [2.24, 2.45) is 0 Å². The van der Waals surface area contributed by atoms with Crippen LogP contribution in [0.25, 0.3) is 6.08 Å². The zero-order chi connectivity index (χ0) is 14.8. The molecular weight excluding hydrogens is 250 g/mol. The van der Waals surface area contributed by atoms with Crippen LogP contribution in [-0.2, 0) is 0 Å². The summed E-state index contributed by atoms with van der Waals surface area (Å²) in [6, 6.07) is 11.5. The van der Waals surface area contributed by atoms with E-state index in [1.807, 2.05) is 36.4 Å². The quantitative estimate of drug-likeness (QED) is 0.745. The Morgan fingerprint density at radius 2 is 1.90 bits per heavy atom. The molecule has 1 aromatic rings. The molecule has 0 saturated carbocycles. The smallest absolute Gasteiger partial charge is 0.130 e. The summed E-state index contributed by atoms with van der Waals surface area (Å²) in [5.41, 5.74) is 1.89. The summed E-state index contributed by atoms with van der Waals surface area (Å²) in [5, 5.41) is 29.8. The standard InChI is InChI=1S/C16H19N3O/c1-2-3-15(8-9-20)19-16-6-4-13(5-7-16)10-14(11-17)12-18/h4-7,10,15,19-20H,2-3,8-9H2,1H3. The van der Waals surface area contributed by atoms with E-state index in [-0.39, 0.29) is 18.2 Å². The number of hydrogen-bond acceptors (Lipinski definition) is 4. The normalized spacial score (nSPS) is 11.0. The number of allylic oxidation sites excluding steroid dienone is 1. The molecule has 0 saturated heterocycles. The summed E-state index contributed by atoms with van der Waals surface area (Å²) < 4.78 is 0. The average Bonchev–Trinajstić information content (AvgIpc) is 2.47. The van der Waals surface area contributed by atoms with Gasteiger partial charge in [-0.3, -0.25) is 0 Å². The molecule has 2 N–H and O–H groups in total. The first-order chi connectivity index (χ1) is 9.73. The molecule has 1 aromatic carbocycles. The Morgan fingerprint density at radius 3 is 2.40 bits per heavy atom. The fourth-order valence-electron chi connectivity index (χ4n) is 1.96. The number of rotatable bonds is 7. The zero-order valence-electron chi connectivity index (χ0n) is 11.6. The van der Waals surface area contributed by atoms with Gasteiger partial charge in [0, 0.05) is 18.3 Å². The van der Waals surface area contributed by atoms with Crippen LogP contribution in [0.5, 0.6) is 0 Å². The molecule has 1 unspecified atom stereocenters. The average molecular weight is 269 g/mol. The molecule has 0 aliphatic rings. The van der Waals surface area contributed by atoms with Crippen LogP contribution >= 0.6 is 0 Å². The van der Waals surface area contributed by atoms with Crippen molar-refractivity contribution in [3.8, 4) is 12.1 Å². The van der Waals surface area contributed by atoms with E-state index in [4.69, 9.17) is 15.6 Å². The van der Waals surface area contributed by atoms with E-state index in [1.54, 1.807) is 6.08 Å². The Morgan fingerprint density at radius 1 is 1.25 bits per heavy atom. The third-order valence-electron chi connectivity index (χ3n) is 2.95. The first-order valence-corrected chi connectivity index (χ1v) is 6.72. The monoisotopic (exact) mass is 269 g/mol. The summed E-state index contributed by atoms with van der Waals surface area (Å²) in [4.78, 5) is 0. The molecule has 0 aliphatic heterocycles. The van der Waals surface area contributed by atoms with Gasteiger partial charge in [0.1, 0.15) is 17.7 Å². The van der Waals surface area contributed by atoms with Crippen LogP contribution in [-0.4, -0.2) is 17.8 Å². The molecule has 0 spiro atoms. The van der Waals surface area contributed by atoms with Gasteiger partial charge in [-0.25, -0.2) is 0 Å². The van der Waals surface area contributed by atoms with Gasteiger partial charge in [-0.05, 0) is 36.6 Å². The number of benzene rings is 1. The Bertz CT molecular complexity index is 498. The third-order valence-corrected chi connectivity index (χ3v) is 2.95. The molecular formula is C16H19N3O. The lowest BCUT2D eigenvalue weighted by Crippen LogP contribution is -2.20. The maximum absolute atomic E-state index is 9.03. The van der Waals surface area contributed by atoms with Gasteiger partial charge < -0.3 is 10.4 Å². The molecule has 0 aromatic heterocycles. The van der Waals surface area contributed by atoms with Crippen LogP contribution in [0, 0.1) is 22.7 Å². The van der Waals surface area contributed by atoms with Crippen LogP contribution in [0.3, 0.4) is 0 Å². The van der Waals surface area contributed by atoms with Crippen molar-refractivity contribution < 1.29 is 5.11 Å². The minimum atomic E-state index is 0.0925. The second-order valence-electron chi connectivity index (χ2n) is 4.55. The van der Waals surface area contributed by atoms with Crippen molar-refractivity contribution >= 4 is 11.8 Å². The molecule has 0 radical (unpaired) electrons. The highest BCUT2D eigenvalue weighted by atomic mass is 16.3. The minimum Gasteiger partial charge on any atom is -0.396 e. The molecule has 104 valence electrons. The molecule has 0 fully saturated rings. The Kier molecular flexibility index (Phi) is 6.89. The predicted octanol–water partition coefficient (Wildman–Crippen LogP) is 3.08. The highest BCUT2D eigenvalue weighted by molar-refractivity contribution is 5.63. The summed E-state index contributed by atoms with van der Waals surface area (Å²) >= 11 is 0. The first kappa shape index (κ1) is 15.8. The second-order valence-corrected chi connectivity index (χ2v) is 4.55. The van der Waals surface area contributed by atoms with Crippen LogP contribution in [0.2, 0.25) is 0 Å². The van der Waals surface area contributed by atoms with Gasteiger partial charge >= 0.3 is 0 Å². The lowest BCUT2D eigenvalue weighted by molar-refractivity contribution is 0.276. The van der Waals surface area contributed by atoms with Crippen LogP contribution in [0.1, 0.15) is 31.7 Å². The van der Waals surface area contributed by atoms with Crippen molar-refractivity contribution in [3.63, 3.8) is 0 Å². The number of nitrogens with zero attached hydrogens (tertiary/aromatic N) is 2. The third kappa shape index (κ3) is 5.14. The van der Waals surface area contributed by atoms with Crippen molar-refractivity contribution in [1.29, 1.82) is 10.5 Å². The van der Waals surface area contributed by atoms with Crippen molar-refractivity contribution in [1.82, 2.24) is 0 Å². The zero-order valence-corrected chi connectivity index (χ0v) is 11.6. The summed E-state index contributed by atoms with van der Waals surface area (Å²) in [5.74, 6) is 0. The van der Waals surface area contributed by atoms with Crippen molar-refractivity contribution in [2.75, 3.05) is 11.9 Å². The highest BCUT2D eigenvalue weighted by Gasteiger charge is 2.06. The SMILES string of the molecule is CCCC(CCO)Nc1ccc(C=C(C#N)C#N)cc1. The number of aliphatic hydroxyl groups excluding tert-OH is 1. The molecule has 1 rings (SSSR count). The van der Waals surface area contributed by atoms with E-state index in [9.17, 15) is 0 Å². The van der Waals surface area contributed by atoms with Gasteiger partial charge in [-0.15, -0.1) is 0 Å². The molecule has 0 bridgehead atoms. The molecule has 4 heteroatoms. The van der Waals surface area contributed by atoms with Crippen LogP contribution in [0.15, 0.2) is 29.8 Å². The van der Waals surface area contributed by atoms with Gasteiger partial charge in [0.2, 0.25) is 0 Å². The fraction of sp³-hybridized carbons (Fsp3) is 0.375. The van der Waals surface area contributed by atoms with Gasteiger partial charge in [0.15, 0.2) is 0 Å². The molecule has 20 heavy (non-hydrogen) atoms. The maximum Gasteiger partial charge on any atom is 0.130 e. The number of hydrogen-bond donors (Lipinski definition) is 2. The van der Waals surface area contributed by atoms with E-state index in [0.717, 1.165) is 30.5 Å². The largest absolute Gasteiger partial charge is 0.396 e. The van der Waals surface area contributed by atoms with E-state index < -0.39 is 0 Å². The van der Waals surface area contributed by atoms with E-state index in [1.165, 1.54) is 0 Å². The molecule has 0 amide bonds. The van der Waals surface area contributed by atoms with Crippen LogP contribution in [0.4, 0.5) is 5.69 Å². The Hall–Kier alpha value is -2.30. The van der Waals surface area contributed by atoms with E-state index in [0.29, 0.717) is 0 Å². The highest BCUT2D eigenvalue weighted by Crippen LogP contribution is 2.15. The second kappa shape index (κ2) is 8.74. The fourth-order valence-corrected chi connectivity index (χ4v) is 1.96. The van der Waals surface area contributed by atoms with E-state index in [2.05, 4.69) is 12.2 Å². The number of nitrogens with one attached hydrogen (secondary N) is 1. The lowest BCUT2D eigenvalue weighted by Gasteiger charge is -2.18. The number of anilines is 1.